The molecular formula is C25H30N2O6. The van der Waals surface area contributed by atoms with E-state index < -0.39 is 17.7 Å². The van der Waals surface area contributed by atoms with Gasteiger partial charge >= 0.3 is 0 Å². The summed E-state index contributed by atoms with van der Waals surface area (Å²) in [5.41, 5.74) is 1.91. The van der Waals surface area contributed by atoms with Crippen LogP contribution in [0.2, 0.25) is 0 Å². The number of hydrogen-bond donors (Lipinski definition) is 1. The van der Waals surface area contributed by atoms with Crippen LogP contribution in [0.4, 0.5) is 0 Å². The fraction of sp³-hybridized carbons (Fsp3) is 0.360. The van der Waals surface area contributed by atoms with Crippen molar-refractivity contribution in [3.8, 4) is 17.2 Å². The normalized spacial score (nSPS) is 17.5. The summed E-state index contributed by atoms with van der Waals surface area (Å²) in [5.74, 6) is 0.0503. The van der Waals surface area contributed by atoms with Crippen molar-refractivity contribution in [1.82, 2.24) is 9.80 Å². The standard InChI is InChI=1S/C25H30N2O6/c1-15-13-17(8-9-18(15)31-4)23(28)21-22(16-7-10-19(32-5)20(14-16)33-6)27(12-11-26(2)3)25(30)24(21)29/h7-10,13-14,22,28H,11-12H2,1-6H3/b23-21-. The van der Waals surface area contributed by atoms with E-state index >= 15 is 0 Å². The Kier molecular flexibility index (Phi) is 7.28. The van der Waals surface area contributed by atoms with Gasteiger partial charge in [0, 0.05) is 18.7 Å². The number of ether oxygens (including phenoxy) is 3. The molecule has 8 nitrogen and oxygen atoms in total. The molecular weight excluding hydrogens is 424 g/mol. The summed E-state index contributed by atoms with van der Waals surface area (Å²) in [4.78, 5) is 29.6. The van der Waals surface area contributed by atoms with Crippen LogP contribution in [-0.4, -0.2) is 75.1 Å². The Bertz CT molecular complexity index is 1090. The van der Waals surface area contributed by atoms with Crippen LogP contribution in [0, 0.1) is 6.92 Å². The summed E-state index contributed by atoms with van der Waals surface area (Å²) in [7, 11) is 8.40. The third-order valence-electron chi connectivity index (χ3n) is 5.72. The molecule has 0 radical (unpaired) electrons. The number of likely N-dealkylation sites (tertiary alicyclic amines) is 1. The number of amides is 1. The second kappa shape index (κ2) is 9.95. The molecule has 1 heterocycles. The maximum Gasteiger partial charge on any atom is 0.295 e. The van der Waals surface area contributed by atoms with Gasteiger partial charge in [0.15, 0.2) is 11.5 Å². The molecule has 1 N–H and O–H groups in total. The molecule has 2 aromatic rings. The fourth-order valence-corrected chi connectivity index (χ4v) is 3.97. The number of benzene rings is 2. The number of aliphatic hydroxyl groups is 1. The predicted octanol–water partition coefficient (Wildman–Crippen LogP) is 3.00. The number of hydrogen-bond acceptors (Lipinski definition) is 7. The lowest BCUT2D eigenvalue weighted by Gasteiger charge is -2.27. The van der Waals surface area contributed by atoms with Crippen LogP contribution in [0.3, 0.4) is 0 Å². The average Bonchev–Trinajstić information content (AvgIpc) is 3.06. The third-order valence-corrected chi connectivity index (χ3v) is 5.72. The van der Waals surface area contributed by atoms with E-state index in [-0.39, 0.29) is 11.3 Å². The van der Waals surface area contributed by atoms with Crippen LogP contribution in [0.1, 0.15) is 22.7 Å². The zero-order chi connectivity index (χ0) is 24.3. The summed E-state index contributed by atoms with van der Waals surface area (Å²) in [5, 5.41) is 11.2. The van der Waals surface area contributed by atoms with E-state index in [4.69, 9.17) is 14.2 Å². The Morgan fingerprint density at radius 1 is 0.970 bits per heavy atom. The number of aliphatic hydroxyl groups excluding tert-OH is 1. The van der Waals surface area contributed by atoms with Crippen LogP contribution in [-0.2, 0) is 9.59 Å². The van der Waals surface area contributed by atoms with Gasteiger partial charge < -0.3 is 29.1 Å². The molecule has 176 valence electrons. The molecule has 1 amide bonds. The zero-order valence-electron chi connectivity index (χ0n) is 19.8. The van der Waals surface area contributed by atoms with Crippen molar-refractivity contribution in [2.75, 3.05) is 48.5 Å². The molecule has 0 bridgehead atoms. The first kappa shape index (κ1) is 24.1. The van der Waals surface area contributed by atoms with Gasteiger partial charge in [-0.15, -0.1) is 0 Å². The minimum atomic E-state index is -0.771. The van der Waals surface area contributed by atoms with E-state index in [9.17, 15) is 14.7 Å². The molecule has 1 saturated heterocycles. The molecule has 33 heavy (non-hydrogen) atoms. The monoisotopic (exact) mass is 454 g/mol. The van der Waals surface area contributed by atoms with Gasteiger partial charge in [-0.25, -0.2) is 0 Å². The highest BCUT2D eigenvalue weighted by molar-refractivity contribution is 6.46. The SMILES string of the molecule is COc1ccc(/C(O)=C2/C(=O)C(=O)N(CCN(C)C)C2c2ccc(OC)c(OC)c2)cc1C. The highest BCUT2D eigenvalue weighted by atomic mass is 16.5. The number of likely N-dealkylation sites (N-methyl/N-ethyl adjacent to an activating group) is 1. The van der Waals surface area contributed by atoms with Gasteiger partial charge in [0.05, 0.1) is 32.9 Å². The molecule has 0 saturated carbocycles. The number of ketones is 1. The summed E-state index contributed by atoms with van der Waals surface area (Å²) < 4.78 is 16.1. The van der Waals surface area contributed by atoms with Crippen molar-refractivity contribution in [2.45, 2.75) is 13.0 Å². The summed E-state index contributed by atoms with van der Waals surface area (Å²) in [6, 6.07) is 9.56. The van der Waals surface area contributed by atoms with Crippen molar-refractivity contribution in [3.05, 3.63) is 58.7 Å². The largest absolute Gasteiger partial charge is 0.507 e. The van der Waals surface area contributed by atoms with Gasteiger partial charge in [0.25, 0.3) is 11.7 Å². The maximum absolute atomic E-state index is 13.1. The van der Waals surface area contributed by atoms with Gasteiger partial charge in [0.1, 0.15) is 11.5 Å². The van der Waals surface area contributed by atoms with Crippen molar-refractivity contribution < 1.29 is 28.9 Å². The lowest BCUT2D eigenvalue weighted by atomic mass is 9.94. The van der Waals surface area contributed by atoms with E-state index in [0.717, 1.165) is 5.56 Å². The van der Waals surface area contributed by atoms with E-state index in [1.807, 2.05) is 25.9 Å². The topological polar surface area (TPSA) is 88.5 Å². The van der Waals surface area contributed by atoms with E-state index in [1.54, 1.807) is 43.5 Å². The minimum absolute atomic E-state index is 0.0375. The Labute approximate surface area is 194 Å². The first-order valence-corrected chi connectivity index (χ1v) is 10.5. The molecule has 0 aromatic heterocycles. The molecule has 1 aliphatic rings. The fourth-order valence-electron chi connectivity index (χ4n) is 3.97. The molecule has 0 aliphatic carbocycles. The van der Waals surface area contributed by atoms with Gasteiger partial charge in [-0.3, -0.25) is 9.59 Å². The van der Waals surface area contributed by atoms with Gasteiger partial charge in [-0.1, -0.05) is 6.07 Å². The third kappa shape index (κ3) is 4.66. The molecule has 0 spiro atoms. The Hall–Kier alpha value is -3.52. The second-order valence-corrected chi connectivity index (χ2v) is 8.09. The molecule has 1 aliphatic heterocycles. The lowest BCUT2D eigenvalue weighted by Crippen LogP contribution is -2.35. The first-order valence-electron chi connectivity index (χ1n) is 10.5. The second-order valence-electron chi connectivity index (χ2n) is 8.09. The molecule has 1 fully saturated rings. The minimum Gasteiger partial charge on any atom is -0.507 e. The summed E-state index contributed by atoms with van der Waals surface area (Å²) in [6.45, 7) is 2.71. The Balaban J connectivity index is 2.19. The van der Waals surface area contributed by atoms with Crippen LogP contribution < -0.4 is 14.2 Å². The highest BCUT2D eigenvalue weighted by Gasteiger charge is 2.46. The molecule has 3 rings (SSSR count). The molecule has 8 heteroatoms. The van der Waals surface area contributed by atoms with Crippen molar-refractivity contribution in [2.24, 2.45) is 0 Å². The van der Waals surface area contributed by atoms with Gasteiger partial charge in [0.2, 0.25) is 0 Å². The zero-order valence-corrected chi connectivity index (χ0v) is 19.8. The van der Waals surface area contributed by atoms with E-state index in [2.05, 4.69) is 0 Å². The van der Waals surface area contributed by atoms with Crippen LogP contribution in [0.15, 0.2) is 42.0 Å². The van der Waals surface area contributed by atoms with Crippen LogP contribution in [0.25, 0.3) is 5.76 Å². The molecule has 1 atom stereocenters. The molecule has 2 aromatic carbocycles. The van der Waals surface area contributed by atoms with Gasteiger partial charge in [-0.05, 0) is 62.5 Å². The van der Waals surface area contributed by atoms with Gasteiger partial charge in [-0.2, -0.15) is 0 Å². The van der Waals surface area contributed by atoms with E-state index in [1.165, 1.54) is 19.1 Å². The number of Topliss-reactive ketones (excluding diaryl/α,β-unsaturated/α-hetero) is 1. The number of nitrogens with zero attached hydrogens (tertiary/aromatic N) is 2. The predicted molar refractivity (Wildman–Crippen MR) is 125 cm³/mol. The first-order chi connectivity index (χ1) is 15.7. The van der Waals surface area contributed by atoms with Crippen molar-refractivity contribution in [3.63, 3.8) is 0 Å². The number of rotatable bonds is 8. The average molecular weight is 455 g/mol. The Morgan fingerprint density at radius 2 is 1.61 bits per heavy atom. The number of carbonyl (C=O) groups excluding carboxylic acids is 2. The van der Waals surface area contributed by atoms with Crippen LogP contribution in [0.5, 0.6) is 17.2 Å². The number of carbonyl (C=O) groups is 2. The summed E-state index contributed by atoms with van der Waals surface area (Å²) in [6.07, 6.45) is 0. The van der Waals surface area contributed by atoms with Crippen molar-refractivity contribution >= 4 is 17.4 Å². The molecule has 1 unspecified atom stereocenters. The number of aryl methyl sites for hydroxylation is 1. The number of methoxy groups -OCH3 is 3. The maximum atomic E-state index is 13.1. The lowest BCUT2D eigenvalue weighted by molar-refractivity contribution is -0.140. The smallest absolute Gasteiger partial charge is 0.295 e. The summed E-state index contributed by atoms with van der Waals surface area (Å²) >= 11 is 0. The Morgan fingerprint density at radius 3 is 2.18 bits per heavy atom. The highest BCUT2D eigenvalue weighted by Crippen LogP contribution is 2.42. The quantitative estimate of drug-likeness (QED) is 0.373. The van der Waals surface area contributed by atoms with Crippen molar-refractivity contribution in [1.29, 1.82) is 0 Å². The van der Waals surface area contributed by atoms with E-state index in [0.29, 0.717) is 41.5 Å². The van der Waals surface area contributed by atoms with Crippen LogP contribution >= 0.6 is 0 Å².